The van der Waals surface area contributed by atoms with E-state index in [1.807, 2.05) is 59.5 Å². The fourth-order valence-corrected chi connectivity index (χ4v) is 10.9. The molecule has 10 nitrogen and oxygen atoms in total. The molecular weight excluding hydrogens is 715 g/mol. The molecule has 0 spiro atoms. The third-order valence-electron chi connectivity index (χ3n) is 12.2. The number of carbonyl (C=O) groups is 3. The SMILES string of the molecule is COc1ccc2c(OC3CC4C(=O)N(S(=O)(=O)C5CC5)C5CC5C=CCCCCCC(CC(=O)N5CCCCC5)C(=O)N4C3)cc(-c3ccccc3)cc2c1. The maximum absolute atomic E-state index is 14.9. The van der Waals surface area contributed by atoms with Gasteiger partial charge in [-0.1, -0.05) is 55.3 Å². The number of fused-ring (bicyclic) bond motifs is 3. The summed E-state index contributed by atoms with van der Waals surface area (Å²) in [5.74, 6) is -0.143. The Morgan fingerprint density at radius 3 is 2.38 bits per heavy atom. The van der Waals surface area contributed by atoms with Crippen molar-refractivity contribution in [1.29, 1.82) is 0 Å². The molecule has 3 heterocycles. The summed E-state index contributed by atoms with van der Waals surface area (Å²) in [6.45, 7) is 1.51. The highest BCUT2D eigenvalue weighted by Crippen LogP contribution is 2.45. The van der Waals surface area contributed by atoms with Crippen LogP contribution >= 0.6 is 0 Å². The van der Waals surface area contributed by atoms with Gasteiger partial charge >= 0.3 is 0 Å². The fourth-order valence-electron chi connectivity index (χ4n) is 8.83. The molecule has 5 atom stereocenters. The van der Waals surface area contributed by atoms with E-state index in [1.54, 1.807) is 12.0 Å². The monoisotopic (exact) mass is 767 g/mol. The van der Waals surface area contributed by atoms with Crippen LogP contribution < -0.4 is 9.47 Å². The van der Waals surface area contributed by atoms with E-state index in [4.69, 9.17) is 9.47 Å². The third-order valence-corrected chi connectivity index (χ3v) is 14.5. The third kappa shape index (κ3) is 8.13. The van der Waals surface area contributed by atoms with Gasteiger partial charge in [-0.15, -0.1) is 0 Å². The standard InChI is InChI=1S/C44H53N3O7S/c1-53-35-17-20-38-34(24-35)23-33(30-13-9-5-10-14-30)26-41(38)54-36-28-40-44(50)47(55(51,52)37-18-19-37)39-25-31(39)15-7-3-2-4-8-16-32(43(49)46(40)29-36)27-42(48)45-21-11-6-12-22-45/h5,7,9-10,13-15,17,20,23-24,26,31-32,36-37,39-40H,2-4,6,8,11-12,16,18-19,21-22,25,27-29H2,1H3. The molecule has 55 heavy (non-hydrogen) atoms. The minimum atomic E-state index is -3.91. The fraction of sp³-hybridized carbons (Fsp3) is 0.523. The summed E-state index contributed by atoms with van der Waals surface area (Å²) in [6.07, 6.45) is 12.6. The number of likely N-dealkylation sites (tertiary alicyclic amines) is 1. The molecule has 0 bridgehead atoms. The number of methoxy groups -OCH3 is 1. The lowest BCUT2D eigenvalue weighted by Crippen LogP contribution is -2.53. The predicted octanol–water partition coefficient (Wildman–Crippen LogP) is 7.11. The van der Waals surface area contributed by atoms with Crippen LogP contribution in [-0.4, -0.2) is 90.4 Å². The number of carbonyl (C=O) groups excluding carboxylic acids is 3. The molecule has 5 aliphatic rings. The van der Waals surface area contributed by atoms with Crippen LogP contribution in [0.3, 0.4) is 0 Å². The van der Waals surface area contributed by atoms with E-state index < -0.39 is 45.3 Å². The number of piperidine rings is 1. The number of allylic oxidation sites excluding steroid dienone is 1. The maximum Gasteiger partial charge on any atom is 0.259 e. The molecule has 2 saturated carbocycles. The van der Waals surface area contributed by atoms with Crippen molar-refractivity contribution in [2.45, 2.75) is 107 Å². The van der Waals surface area contributed by atoms with Crippen molar-refractivity contribution in [3.63, 3.8) is 0 Å². The van der Waals surface area contributed by atoms with Crippen LogP contribution in [0.4, 0.5) is 0 Å². The number of hydrogen-bond acceptors (Lipinski definition) is 7. The molecule has 3 aromatic rings. The van der Waals surface area contributed by atoms with Crippen LogP contribution in [0.2, 0.25) is 0 Å². The van der Waals surface area contributed by atoms with Crippen LogP contribution in [0.5, 0.6) is 11.5 Å². The zero-order chi connectivity index (χ0) is 38.1. The summed E-state index contributed by atoms with van der Waals surface area (Å²) in [4.78, 5) is 46.9. The number of amides is 3. The van der Waals surface area contributed by atoms with Gasteiger partial charge in [0.15, 0.2) is 0 Å². The van der Waals surface area contributed by atoms with Gasteiger partial charge in [0.1, 0.15) is 23.6 Å². The van der Waals surface area contributed by atoms with E-state index in [0.29, 0.717) is 50.3 Å². The Kier molecular flexibility index (Phi) is 10.9. The minimum Gasteiger partial charge on any atom is -0.497 e. The van der Waals surface area contributed by atoms with E-state index in [-0.39, 0.29) is 37.1 Å². The highest BCUT2D eigenvalue weighted by Gasteiger charge is 2.56. The summed E-state index contributed by atoms with van der Waals surface area (Å²) in [5, 5.41) is 1.21. The molecule has 3 aliphatic heterocycles. The second kappa shape index (κ2) is 16.0. The molecule has 3 amide bonds. The van der Waals surface area contributed by atoms with E-state index in [2.05, 4.69) is 18.2 Å². The summed E-state index contributed by atoms with van der Waals surface area (Å²) in [7, 11) is -2.28. The van der Waals surface area contributed by atoms with Crippen LogP contribution in [0, 0.1) is 11.8 Å². The van der Waals surface area contributed by atoms with Crippen molar-refractivity contribution >= 4 is 38.5 Å². The van der Waals surface area contributed by atoms with Crippen molar-refractivity contribution in [2.75, 3.05) is 26.7 Å². The normalized spacial score (nSPS) is 26.6. The molecule has 5 unspecified atom stereocenters. The number of benzene rings is 3. The molecule has 8 rings (SSSR count). The summed E-state index contributed by atoms with van der Waals surface area (Å²) in [5.41, 5.74) is 1.96. The Balaban J connectivity index is 1.15. The maximum atomic E-state index is 14.9. The lowest BCUT2D eigenvalue weighted by Gasteiger charge is -2.33. The molecule has 3 aromatic carbocycles. The van der Waals surface area contributed by atoms with E-state index in [0.717, 1.165) is 71.2 Å². The summed E-state index contributed by atoms with van der Waals surface area (Å²) in [6, 6.07) is 18.4. The Labute approximate surface area is 324 Å². The van der Waals surface area contributed by atoms with Gasteiger partial charge in [-0.3, -0.25) is 14.4 Å². The van der Waals surface area contributed by atoms with Gasteiger partial charge in [0, 0.05) is 43.2 Å². The van der Waals surface area contributed by atoms with Crippen LogP contribution in [-0.2, 0) is 24.4 Å². The van der Waals surface area contributed by atoms with Crippen molar-refractivity contribution in [1.82, 2.24) is 14.1 Å². The topological polar surface area (TPSA) is 114 Å². The van der Waals surface area contributed by atoms with E-state index >= 15 is 0 Å². The number of sulfonamides is 1. The van der Waals surface area contributed by atoms with Crippen molar-refractivity contribution in [3.8, 4) is 22.6 Å². The average molecular weight is 768 g/mol. The predicted molar refractivity (Wildman–Crippen MR) is 212 cm³/mol. The Morgan fingerprint density at radius 2 is 1.62 bits per heavy atom. The first-order valence-electron chi connectivity index (χ1n) is 20.4. The first-order valence-corrected chi connectivity index (χ1v) is 21.9. The van der Waals surface area contributed by atoms with E-state index in [9.17, 15) is 22.8 Å². The van der Waals surface area contributed by atoms with Crippen LogP contribution in [0.25, 0.3) is 21.9 Å². The van der Waals surface area contributed by atoms with Gasteiger partial charge in [0.2, 0.25) is 21.8 Å². The van der Waals surface area contributed by atoms with Crippen LogP contribution in [0.1, 0.15) is 83.5 Å². The Hall–Kier alpha value is -4.38. The van der Waals surface area contributed by atoms with Crippen molar-refractivity contribution in [3.05, 3.63) is 72.8 Å². The van der Waals surface area contributed by atoms with Gasteiger partial charge in [-0.25, -0.2) is 12.7 Å². The Morgan fingerprint density at radius 1 is 0.836 bits per heavy atom. The molecule has 0 N–H and O–H groups in total. The van der Waals surface area contributed by atoms with Gasteiger partial charge in [-0.05, 0) is 105 Å². The number of ether oxygens (including phenoxy) is 2. The first-order chi connectivity index (χ1) is 26.7. The van der Waals surface area contributed by atoms with E-state index in [1.165, 1.54) is 0 Å². The molecule has 11 heteroatoms. The quantitative estimate of drug-likeness (QED) is 0.225. The van der Waals surface area contributed by atoms with Gasteiger partial charge in [0.25, 0.3) is 5.91 Å². The molecular formula is C44H53N3O7S. The number of nitrogens with zero attached hydrogens (tertiary/aromatic N) is 3. The highest BCUT2D eigenvalue weighted by atomic mass is 32.2. The lowest BCUT2D eigenvalue weighted by atomic mass is 9.94. The van der Waals surface area contributed by atoms with Crippen LogP contribution in [0.15, 0.2) is 72.8 Å². The summed E-state index contributed by atoms with van der Waals surface area (Å²) < 4.78 is 41.7. The zero-order valence-electron chi connectivity index (χ0n) is 31.8. The van der Waals surface area contributed by atoms with Gasteiger partial charge in [0.05, 0.1) is 24.9 Å². The number of rotatable bonds is 8. The largest absolute Gasteiger partial charge is 0.497 e. The molecule has 2 aliphatic carbocycles. The van der Waals surface area contributed by atoms with Crippen molar-refractivity contribution in [2.24, 2.45) is 11.8 Å². The first kappa shape index (κ1) is 37.5. The molecule has 2 saturated heterocycles. The van der Waals surface area contributed by atoms with Crippen molar-refractivity contribution < 1.29 is 32.3 Å². The van der Waals surface area contributed by atoms with Gasteiger partial charge < -0.3 is 19.3 Å². The highest BCUT2D eigenvalue weighted by molar-refractivity contribution is 7.90. The lowest BCUT2D eigenvalue weighted by molar-refractivity contribution is -0.146. The minimum absolute atomic E-state index is 0.0211. The second-order valence-corrected chi connectivity index (χ2v) is 18.3. The van der Waals surface area contributed by atoms with Gasteiger partial charge in [-0.2, -0.15) is 0 Å². The number of hydrogen-bond donors (Lipinski definition) is 0. The molecule has 0 aromatic heterocycles. The molecule has 0 radical (unpaired) electrons. The Bertz CT molecular complexity index is 2040. The molecule has 292 valence electrons. The summed E-state index contributed by atoms with van der Waals surface area (Å²) >= 11 is 0. The zero-order valence-corrected chi connectivity index (χ0v) is 32.6. The smallest absolute Gasteiger partial charge is 0.259 e. The average Bonchev–Trinajstić information content (AvgIpc) is 4.15. The second-order valence-electron chi connectivity index (χ2n) is 16.2. The molecule has 4 fully saturated rings.